The number of carbonyl (C=O) groups excluding carboxylic acids is 2. The number of nitriles is 1. The van der Waals surface area contributed by atoms with E-state index in [9.17, 15) is 20.0 Å². The van der Waals surface area contributed by atoms with E-state index < -0.39 is 5.97 Å². The highest BCUT2D eigenvalue weighted by Crippen LogP contribution is 2.40. The minimum absolute atomic E-state index is 0.0160. The van der Waals surface area contributed by atoms with Gasteiger partial charge in [0.2, 0.25) is 5.78 Å². The zero-order valence-corrected chi connectivity index (χ0v) is 16.4. The fraction of sp³-hybridized carbons (Fsp3) is 0.158. The van der Waals surface area contributed by atoms with Crippen molar-refractivity contribution in [2.24, 2.45) is 0 Å². The molecule has 3 N–H and O–H groups in total. The number of thiophene rings is 1. The lowest BCUT2D eigenvalue weighted by atomic mass is 10.0. The van der Waals surface area contributed by atoms with Gasteiger partial charge in [0.1, 0.15) is 27.8 Å². The zero-order chi connectivity index (χ0) is 20.3. The second-order valence-corrected chi connectivity index (χ2v) is 7.84. The highest BCUT2D eigenvalue weighted by molar-refractivity contribution is 8.01. The van der Waals surface area contributed by atoms with Crippen molar-refractivity contribution in [1.29, 1.82) is 5.26 Å². The number of hydrogen-bond acceptors (Lipinski definition) is 9. The van der Waals surface area contributed by atoms with E-state index in [1.807, 2.05) is 6.07 Å². The lowest BCUT2D eigenvalue weighted by Crippen LogP contribution is -2.06. The van der Waals surface area contributed by atoms with E-state index in [1.165, 1.54) is 18.3 Å². The van der Waals surface area contributed by atoms with Crippen LogP contribution in [0.4, 0.5) is 5.69 Å². The molecule has 0 aliphatic carbocycles. The number of phenols is 1. The molecule has 0 aliphatic rings. The standard InChI is InChI=1S/C19H15N3O4S2/c1-2-26-14(24)9-27-19-12(8-20)15(21)18(28-19)17(25)11-5-6-13(23)16-10(11)4-3-7-22-16/h3-7,23H,2,9,21H2,1H3. The largest absolute Gasteiger partial charge is 0.506 e. The molecule has 142 valence electrons. The predicted molar refractivity (Wildman–Crippen MR) is 108 cm³/mol. The minimum atomic E-state index is -0.410. The van der Waals surface area contributed by atoms with Gasteiger partial charge < -0.3 is 15.6 Å². The molecular formula is C19H15N3O4S2. The third kappa shape index (κ3) is 3.65. The van der Waals surface area contributed by atoms with Gasteiger partial charge in [-0.25, -0.2) is 0 Å². The Morgan fingerprint density at radius 1 is 1.39 bits per heavy atom. The van der Waals surface area contributed by atoms with Crippen LogP contribution in [0.3, 0.4) is 0 Å². The summed E-state index contributed by atoms with van der Waals surface area (Å²) in [6.07, 6.45) is 1.52. The van der Waals surface area contributed by atoms with Crippen molar-refractivity contribution in [3.8, 4) is 11.8 Å². The summed E-state index contributed by atoms with van der Waals surface area (Å²) in [4.78, 5) is 29.0. The number of phenolic OH excluding ortho intramolecular Hbond substituents is 1. The molecule has 7 nitrogen and oxygen atoms in total. The molecular weight excluding hydrogens is 398 g/mol. The van der Waals surface area contributed by atoms with Crippen LogP contribution in [0.2, 0.25) is 0 Å². The summed E-state index contributed by atoms with van der Waals surface area (Å²) < 4.78 is 5.37. The quantitative estimate of drug-likeness (QED) is 0.358. The third-order valence-corrected chi connectivity index (χ3v) is 6.30. The van der Waals surface area contributed by atoms with Gasteiger partial charge in [-0.05, 0) is 25.1 Å². The number of aromatic hydroxyl groups is 1. The van der Waals surface area contributed by atoms with Gasteiger partial charge in [-0.2, -0.15) is 5.26 Å². The number of pyridine rings is 1. The Balaban J connectivity index is 2.01. The molecule has 0 spiro atoms. The van der Waals surface area contributed by atoms with Gasteiger partial charge >= 0.3 is 5.97 Å². The molecule has 0 saturated heterocycles. The van der Waals surface area contributed by atoms with Crippen LogP contribution in [-0.4, -0.2) is 34.2 Å². The Morgan fingerprint density at radius 2 is 2.18 bits per heavy atom. The lowest BCUT2D eigenvalue weighted by molar-refractivity contribution is -0.139. The average molecular weight is 413 g/mol. The molecule has 0 saturated carbocycles. The number of esters is 1. The Kier molecular flexibility index (Phi) is 5.82. The molecule has 0 aliphatic heterocycles. The predicted octanol–water partition coefficient (Wildman–Crippen LogP) is 3.34. The number of hydrogen-bond donors (Lipinski definition) is 2. The molecule has 0 radical (unpaired) electrons. The number of nitrogens with two attached hydrogens (primary N) is 1. The number of ketones is 1. The molecule has 2 aromatic heterocycles. The first-order chi connectivity index (χ1) is 13.5. The Labute approximate surface area is 168 Å². The first-order valence-corrected chi connectivity index (χ1v) is 10.00. The fourth-order valence-corrected chi connectivity index (χ4v) is 4.76. The number of rotatable bonds is 6. The normalized spacial score (nSPS) is 10.6. The molecule has 0 bridgehead atoms. The van der Waals surface area contributed by atoms with Crippen LogP contribution in [-0.2, 0) is 9.53 Å². The summed E-state index contributed by atoms with van der Waals surface area (Å²) in [5, 5.41) is 19.9. The van der Waals surface area contributed by atoms with Crippen LogP contribution < -0.4 is 5.73 Å². The Bertz CT molecular complexity index is 1120. The summed E-state index contributed by atoms with van der Waals surface area (Å²) in [5.74, 6) is -0.802. The van der Waals surface area contributed by atoms with E-state index in [2.05, 4.69) is 4.98 Å². The molecule has 3 aromatic rings. The first kappa shape index (κ1) is 19.7. The number of aromatic nitrogens is 1. The van der Waals surface area contributed by atoms with Crippen LogP contribution >= 0.6 is 23.1 Å². The van der Waals surface area contributed by atoms with Crippen LogP contribution in [0, 0.1) is 11.3 Å². The number of benzene rings is 1. The second-order valence-electron chi connectivity index (χ2n) is 5.57. The van der Waals surface area contributed by atoms with E-state index in [0.717, 1.165) is 23.1 Å². The van der Waals surface area contributed by atoms with Gasteiger partial charge in [0.05, 0.1) is 22.3 Å². The van der Waals surface area contributed by atoms with E-state index in [0.29, 0.717) is 20.7 Å². The Hall–Kier alpha value is -3.09. The monoisotopic (exact) mass is 413 g/mol. The average Bonchev–Trinajstić information content (AvgIpc) is 3.02. The first-order valence-electron chi connectivity index (χ1n) is 8.20. The smallest absolute Gasteiger partial charge is 0.316 e. The SMILES string of the molecule is CCOC(=O)CSc1sc(C(=O)c2ccc(O)c3ncccc23)c(N)c1C#N. The molecule has 0 fully saturated rings. The summed E-state index contributed by atoms with van der Waals surface area (Å²) in [6.45, 7) is 1.97. The van der Waals surface area contributed by atoms with Crippen molar-refractivity contribution < 1.29 is 19.4 Å². The van der Waals surface area contributed by atoms with Gasteiger partial charge in [-0.15, -0.1) is 23.1 Å². The molecule has 0 atom stereocenters. The highest BCUT2D eigenvalue weighted by Gasteiger charge is 2.24. The molecule has 3 rings (SSSR count). The number of fused-ring (bicyclic) bond motifs is 1. The van der Waals surface area contributed by atoms with Crippen molar-refractivity contribution >= 4 is 51.4 Å². The fourth-order valence-electron chi connectivity index (χ4n) is 2.60. The molecule has 28 heavy (non-hydrogen) atoms. The lowest BCUT2D eigenvalue weighted by Gasteiger charge is -2.06. The number of nitrogens with zero attached hydrogens (tertiary/aromatic N) is 2. The van der Waals surface area contributed by atoms with Crippen molar-refractivity contribution in [1.82, 2.24) is 4.98 Å². The minimum Gasteiger partial charge on any atom is -0.506 e. The maximum absolute atomic E-state index is 13.1. The molecule has 2 heterocycles. The number of ether oxygens (including phenoxy) is 1. The van der Waals surface area contributed by atoms with Gasteiger partial charge in [0.25, 0.3) is 0 Å². The summed E-state index contributed by atoms with van der Waals surface area (Å²) in [7, 11) is 0. The van der Waals surface area contributed by atoms with Gasteiger partial charge in [0.15, 0.2) is 0 Å². The number of nitrogen functional groups attached to an aromatic ring is 1. The van der Waals surface area contributed by atoms with Crippen molar-refractivity contribution in [3.63, 3.8) is 0 Å². The molecule has 1 aromatic carbocycles. The number of carbonyl (C=O) groups is 2. The van der Waals surface area contributed by atoms with E-state index in [4.69, 9.17) is 10.5 Å². The summed E-state index contributed by atoms with van der Waals surface area (Å²) in [5.41, 5.74) is 6.94. The second kappa shape index (κ2) is 8.29. The summed E-state index contributed by atoms with van der Waals surface area (Å²) in [6, 6.07) is 8.24. The zero-order valence-electron chi connectivity index (χ0n) is 14.8. The van der Waals surface area contributed by atoms with Gasteiger partial charge in [0, 0.05) is 17.1 Å². The van der Waals surface area contributed by atoms with Crippen molar-refractivity contribution in [2.75, 3.05) is 18.1 Å². The number of anilines is 1. The van der Waals surface area contributed by atoms with Crippen LogP contribution in [0.25, 0.3) is 10.9 Å². The topological polar surface area (TPSA) is 126 Å². The van der Waals surface area contributed by atoms with Crippen molar-refractivity contribution in [2.45, 2.75) is 11.1 Å². The maximum atomic E-state index is 13.1. The highest BCUT2D eigenvalue weighted by atomic mass is 32.2. The molecule has 0 unspecified atom stereocenters. The van der Waals surface area contributed by atoms with Gasteiger partial charge in [-0.3, -0.25) is 14.6 Å². The van der Waals surface area contributed by atoms with Crippen LogP contribution in [0.1, 0.15) is 27.7 Å². The van der Waals surface area contributed by atoms with Gasteiger partial charge in [-0.1, -0.05) is 6.07 Å². The molecule has 9 heteroatoms. The molecule has 0 amide bonds. The van der Waals surface area contributed by atoms with Crippen LogP contribution in [0.15, 0.2) is 34.7 Å². The van der Waals surface area contributed by atoms with Crippen LogP contribution in [0.5, 0.6) is 5.75 Å². The van der Waals surface area contributed by atoms with E-state index >= 15 is 0 Å². The van der Waals surface area contributed by atoms with Crippen molar-refractivity contribution in [3.05, 3.63) is 46.5 Å². The van der Waals surface area contributed by atoms with E-state index in [-0.39, 0.29) is 40.0 Å². The third-order valence-electron chi connectivity index (χ3n) is 3.85. The summed E-state index contributed by atoms with van der Waals surface area (Å²) >= 11 is 2.17. The maximum Gasteiger partial charge on any atom is 0.316 e. The van der Waals surface area contributed by atoms with E-state index in [1.54, 1.807) is 19.1 Å². The Morgan fingerprint density at radius 3 is 2.89 bits per heavy atom. The number of thioether (sulfide) groups is 1.